The van der Waals surface area contributed by atoms with Crippen LogP contribution in [0.25, 0.3) is 6.08 Å². The fourth-order valence-electron chi connectivity index (χ4n) is 2.02. The van der Waals surface area contributed by atoms with Gasteiger partial charge in [0.1, 0.15) is 5.75 Å². The summed E-state index contributed by atoms with van der Waals surface area (Å²) in [7, 11) is 1.67. The highest BCUT2D eigenvalue weighted by molar-refractivity contribution is 7.07. The Morgan fingerprint density at radius 1 is 1.33 bits per heavy atom. The highest BCUT2D eigenvalue weighted by atomic mass is 32.1. The van der Waals surface area contributed by atoms with Crippen LogP contribution in [0.15, 0.2) is 46.7 Å². The van der Waals surface area contributed by atoms with E-state index in [0.29, 0.717) is 6.54 Å². The van der Waals surface area contributed by atoms with Crippen LogP contribution in [0.3, 0.4) is 0 Å². The van der Waals surface area contributed by atoms with E-state index in [2.05, 4.69) is 18.3 Å². The molecule has 1 atom stereocenters. The molecule has 1 aromatic carbocycles. The summed E-state index contributed by atoms with van der Waals surface area (Å²) >= 11 is 1.60. The third-order valence-electron chi connectivity index (χ3n) is 3.20. The first-order valence-corrected chi connectivity index (χ1v) is 7.85. The van der Waals surface area contributed by atoms with Crippen molar-refractivity contribution >= 4 is 17.4 Å². The molecule has 2 rings (SSSR count). The van der Waals surface area contributed by atoms with E-state index in [9.17, 15) is 5.11 Å². The summed E-state index contributed by atoms with van der Waals surface area (Å²) < 4.78 is 5.14. The number of rotatable bonds is 7. The average molecular weight is 303 g/mol. The largest absolute Gasteiger partial charge is 0.497 e. The summed E-state index contributed by atoms with van der Waals surface area (Å²) in [6, 6.07) is 9.92. The molecule has 3 nitrogen and oxygen atoms in total. The molecule has 0 bridgehead atoms. The standard InChI is InChI=1S/C17H21NO2S/c1-13(9-14-3-5-16(20-2)6-4-14)10-18-11-17(19)15-7-8-21-12-15/h3-9,12,17-19H,10-11H2,1-2H3/b13-9-. The van der Waals surface area contributed by atoms with Crippen LogP contribution in [0, 0.1) is 0 Å². The molecule has 21 heavy (non-hydrogen) atoms. The van der Waals surface area contributed by atoms with Crippen molar-refractivity contribution < 1.29 is 9.84 Å². The van der Waals surface area contributed by atoms with Crippen molar-refractivity contribution in [2.24, 2.45) is 0 Å². The Kier molecular flexibility index (Phi) is 5.99. The minimum Gasteiger partial charge on any atom is -0.497 e. The van der Waals surface area contributed by atoms with Gasteiger partial charge in [0.25, 0.3) is 0 Å². The molecule has 0 saturated heterocycles. The van der Waals surface area contributed by atoms with Gasteiger partial charge in [-0.1, -0.05) is 23.8 Å². The second kappa shape index (κ2) is 7.98. The first kappa shape index (κ1) is 15.8. The van der Waals surface area contributed by atoms with E-state index in [-0.39, 0.29) is 0 Å². The van der Waals surface area contributed by atoms with Crippen LogP contribution in [0.2, 0.25) is 0 Å². The van der Waals surface area contributed by atoms with Gasteiger partial charge in [0, 0.05) is 13.1 Å². The van der Waals surface area contributed by atoms with Gasteiger partial charge in [-0.2, -0.15) is 11.3 Å². The molecule has 0 aliphatic carbocycles. The number of aliphatic hydroxyl groups is 1. The Labute approximate surface area is 129 Å². The first-order valence-electron chi connectivity index (χ1n) is 6.91. The van der Waals surface area contributed by atoms with Crippen LogP contribution in [0.5, 0.6) is 5.75 Å². The van der Waals surface area contributed by atoms with Crippen LogP contribution in [0.1, 0.15) is 24.2 Å². The molecule has 2 aromatic rings. The summed E-state index contributed by atoms with van der Waals surface area (Å²) in [6.07, 6.45) is 1.69. The van der Waals surface area contributed by atoms with E-state index in [1.165, 1.54) is 5.57 Å². The highest BCUT2D eigenvalue weighted by Gasteiger charge is 2.06. The number of thiophene rings is 1. The molecule has 0 radical (unpaired) electrons. The monoisotopic (exact) mass is 303 g/mol. The zero-order valence-electron chi connectivity index (χ0n) is 12.4. The van der Waals surface area contributed by atoms with E-state index in [1.807, 2.05) is 41.1 Å². The minimum absolute atomic E-state index is 0.440. The Morgan fingerprint density at radius 3 is 2.71 bits per heavy atom. The first-order chi connectivity index (χ1) is 10.2. The fourth-order valence-corrected chi connectivity index (χ4v) is 2.73. The van der Waals surface area contributed by atoms with E-state index >= 15 is 0 Å². The third-order valence-corrected chi connectivity index (χ3v) is 3.90. The Bertz CT molecular complexity index is 561. The number of methoxy groups -OCH3 is 1. The summed E-state index contributed by atoms with van der Waals surface area (Å²) in [5, 5.41) is 17.2. The van der Waals surface area contributed by atoms with Crippen molar-refractivity contribution in [3.05, 3.63) is 57.8 Å². The lowest BCUT2D eigenvalue weighted by atomic mass is 10.1. The van der Waals surface area contributed by atoms with E-state index in [1.54, 1.807) is 18.4 Å². The van der Waals surface area contributed by atoms with Crippen molar-refractivity contribution in [3.63, 3.8) is 0 Å². The summed E-state index contributed by atoms with van der Waals surface area (Å²) in [5.74, 6) is 0.863. The molecule has 0 aliphatic rings. The van der Waals surface area contributed by atoms with Crippen LogP contribution >= 0.6 is 11.3 Å². The molecule has 112 valence electrons. The summed E-state index contributed by atoms with van der Waals surface area (Å²) in [4.78, 5) is 0. The Hall–Kier alpha value is -1.62. The normalized spacial score (nSPS) is 13.2. The lowest BCUT2D eigenvalue weighted by Crippen LogP contribution is -2.22. The molecule has 1 aromatic heterocycles. The zero-order valence-corrected chi connectivity index (χ0v) is 13.2. The molecule has 2 N–H and O–H groups in total. The molecule has 0 fully saturated rings. The smallest absolute Gasteiger partial charge is 0.118 e. The maximum atomic E-state index is 9.98. The van der Waals surface area contributed by atoms with Gasteiger partial charge in [0.2, 0.25) is 0 Å². The maximum absolute atomic E-state index is 9.98. The Morgan fingerprint density at radius 2 is 2.10 bits per heavy atom. The van der Waals surface area contributed by atoms with Gasteiger partial charge in [-0.05, 0) is 47.0 Å². The van der Waals surface area contributed by atoms with E-state index < -0.39 is 6.10 Å². The topological polar surface area (TPSA) is 41.5 Å². The van der Waals surface area contributed by atoms with Gasteiger partial charge in [-0.25, -0.2) is 0 Å². The number of benzene rings is 1. The van der Waals surface area contributed by atoms with Gasteiger partial charge in [-0.15, -0.1) is 0 Å². The Balaban J connectivity index is 1.80. The predicted octanol–water partition coefficient (Wildman–Crippen LogP) is 3.48. The van der Waals surface area contributed by atoms with Crippen molar-refractivity contribution in [2.45, 2.75) is 13.0 Å². The van der Waals surface area contributed by atoms with Gasteiger partial charge in [0.15, 0.2) is 0 Å². The fraction of sp³-hybridized carbons (Fsp3) is 0.294. The van der Waals surface area contributed by atoms with Gasteiger partial charge in [-0.3, -0.25) is 0 Å². The van der Waals surface area contributed by atoms with E-state index in [4.69, 9.17) is 4.74 Å². The number of ether oxygens (including phenoxy) is 1. The molecule has 4 heteroatoms. The molecule has 0 saturated carbocycles. The van der Waals surface area contributed by atoms with Gasteiger partial charge >= 0.3 is 0 Å². The lowest BCUT2D eigenvalue weighted by molar-refractivity contribution is 0.176. The number of hydrogen-bond donors (Lipinski definition) is 2. The highest BCUT2D eigenvalue weighted by Crippen LogP contribution is 2.16. The number of aliphatic hydroxyl groups excluding tert-OH is 1. The molecule has 0 aliphatic heterocycles. The third kappa shape index (κ3) is 5.01. The lowest BCUT2D eigenvalue weighted by Gasteiger charge is -2.10. The molecular formula is C17H21NO2S. The van der Waals surface area contributed by atoms with Gasteiger partial charge in [0.05, 0.1) is 13.2 Å². The quantitative estimate of drug-likeness (QED) is 0.823. The number of nitrogens with one attached hydrogen (secondary N) is 1. The number of hydrogen-bond acceptors (Lipinski definition) is 4. The second-order valence-corrected chi connectivity index (χ2v) is 5.75. The van der Waals surface area contributed by atoms with Crippen molar-refractivity contribution in [1.29, 1.82) is 0 Å². The average Bonchev–Trinajstić information content (AvgIpc) is 3.02. The summed E-state index contributed by atoms with van der Waals surface area (Å²) in [5.41, 5.74) is 3.34. The molecule has 0 amide bonds. The van der Waals surface area contributed by atoms with Crippen molar-refractivity contribution in [2.75, 3.05) is 20.2 Å². The predicted molar refractivity (Wildman–Crippen MR) is 88.8 cm³/mol. The second-order valence-electron chi connectivity index (χ2n) is 4.97. The van der Waals surface area contributed by atoms with Crippen LogP contribution < -0.4 is 10.1 Å². The maximum Gasteiger partial charge on any atom is 0.118 e. The zero-order chi connectivity index (χ0) is 15.1. The van der Waals surface area contributed by atoms with Gasteiger partial charge < -0.3 is 15.2 Å². The van der Waals surface area contributed by atoms with Crippen molar-refractivity contribution in [3.8, 4) is 5.75 Å². The molecule has 1 unspecified atom stereocenters. The molecule has 1 heterocycles. The van der Waals surface area contributed by atoms with Crippen molar-refractivity contribution in [1.82, 2.24) is 5.32 Å². The minimum atomic E-state index is -0.440. The summed E-state index contributed by atoms with van der Waals surface area (Å²) in [6.45, 7) is 3.39. The molecule has 0 spiro atoms. The van der Waals surface area contributed by atoms with Crippen LogP contribution in [-0.4, -0.2) is 25.3 Å². The molecular weight excluding hydrogens is 282 g/mol. The van der Waals surface area contributed by atoms with Crippen LogP contribution in [-0.2, 0) is 0 Å². The SMILES string of the molecule is COc1ccc(/C=C(/C)CNCC(O)c2ccsc2)cc1. The van der Waals surface area contributed by atoms with E-state index in [0.717, 1.165) is 23.4 Å². The van der Waals surface area contributed by atoms with Crippen LogP contribution in [0.4, 0.5) is 0 Å².